The van der Waals surface area contributed by atoms with E-state index in [9.17, 15) is 9.90 Å². The Hall–Kier alpha value is -2.79. The SMILES string of the molecule is CCNC(=O)c1nc(Cl)c2cc(Oc3ccccc3)ccc2c1O. The van der Waals surface area contributed by atoms with Gasteiger partial charge in [0.05, 0.1) is 0 Å². The van der Waals surface area contributed by atoms with E-state index in [1.807, 2.05) is 30.3 Å². The number of ether oxygens (including phenoxy) is 1. The summed E-state index contributed by atoms with van der Waals surface area (Å²) in [5, 5.41) is 14.0. The van der Waals surface area contributed by atoms with Gasteiger partial charge in [0.1, 0.15) is 16.7 Å². The number of aromatic hydroxyl groups is 1. The number of amides is 1. The maximum absolute atomic E-state index is 12.0. The van der Waals surface area contributed by atoms with Crippen molar-refractivity contribution >= 4 is 28.3 Å². The van der Waals surface area contributed by atoms with E-state index in [0.717, 1.165) is 0 Å². The summed E-state index contributed by atoms with van der Waals surface area (Å²) in [7, 11) is 0. The van der Waals surface area contributed by atoms with Crippen LogP contribution in [0.25, 0.3) is 10.8 Å². The first kappa shape index (κ1) is 16.1. The normalized spacial score (nSPS) is 10.6. The lowest BCUT2D eigenvalue weighted by molar-refractivity contribution is 0.0948. The third kappa shape index (κ3) is 3.12. The van der Waals surface area contributed by atoms with Crippen LogP contribution in [0.5, 0.6) is 17.2 Å². The number of aromatic nitrogens is 1. The average molecular weight is 343 g/mol. The molecular formula is C18H15ClN2O3. The second kappa shape index (κ2) is 6.76. The molecule has 2 aromatic carbocycles. The highest BCUT2D eigenvalue weighted by atomic mass is 35.5. The van der Waals surface area contributed by atoms with E-state index in [4.69, 9.17) is 16.3 Å². The van der Waals surface area contributed by atoms with Gasteiger partial charge in [0.25, 0.3) is 5.91 Å². The highest BCUT2D eigenvalue weighted by Crippen LogP contribution is 2.35. The molecule has 5 nitrogen and oxygen atoms in total. The highest BCUT2D eigenvalue weighted by Gasteiger charge is 2.18. The Labute approximate surface area is 143 Å². The van der Waals surface area contributed by atoms with Gasteiger partial charge in [-0.2, -0.15) is 0 Å². The summed E-state index contributed by atoms with van der Waals surface area (Å²) in [4.78, 5) is 16.0. The van der Waals surface area contributed by atoms with E-state index in [-0.39, 0.29) is 16.6 Å². The Morgan fingerprint density at radius 1 is 1.17 bits per heavy atom. The van der Waals surface area contributed by atoms with Crippen molar-refractivity contribution in [1.29, 1.82) is 0 Å². The number of hydrogen-bond acceptors (Lipinski definition) is 4. The number of hydrogen-bond donors (Lipinski definition) is 2. The molecule has 3 rings (SSSR count). The van der Waals surface area contributed by atoms with Crippen LogP contribution in [-0.2, 0) is 0 Å². The van der Waals surface area contributed by atoms with Crippen LogP contribution in [0.1, 0.15) is 17.4 Å². The van der Waals surface area contributed by atoms with Gasteiger partial charge in [0.2, 0.25) is 0 Å². The number of halogens is 1. The van der Waals surface area contributed by atoms with Crippen LogP contribution in [0.4, 0.5) is 0 Å². The summed E-state index contributed by atoms with van der Waals surface area (Å²) in [6.07, 6.45) is 0. The van der Waals surface area contributed by atoms with Crippen LogP contribution in [-0.4, -0.2) is 22.5 Å². The number of carbonyl (C=O) groups excluding carboxylic acids is 1. The fourth-order valence-corrected chi connectivity index (χ4v) is 2.57. The van der Waals surface area contributed by atoms with Crippen LogP contribution in [0, 0.1) is 0 Å². The Kier molecular flexibility index (Phi) is 4.53. The molecule has 1 amide bonds. The molecule has 0 bridgehead atoms. The van der Waals surface area contributed by atoms with Crippen molar-refractivity contribution in [3.8, 4) is 17.2 Å². The van der Waals surface area contributed by atoms with Crippen molar-refractivity contribution in [2.24, 2.45) is 0 Å². The predicted molar refractivity (Wildman–Crippen MR) is 92.9 cm³/mol. The van der Waals surface area contributed by atoms with Gasteiger partial charge in [0.15, 0.2) is 11.4 Å². The minimum Gasteiger partial charge on any atom is -0.505 e. The standard InChI is InChI=1S/C18H15ClN2O3/c1-2-20-18(23)15-16(22)13-9-8-12(10-14(13)17(19)21-15)24-11-6-4-3-5-7-11/h3-10,22H,2H2,1H3,(H,20,23). The van der Waals surface area contributed by atoms with Crippen LogP contribution in [0.15, 0.2) is 48.5 Å². The lowest BCUT2D eigenvalue weighted by Gasteiger charge is -2.11. The Morgan fingerprint density at radius 3 is 2.62 bits per heavy atom. The molecule has 2 N–H and O–H groups in total. The Balaban J connectivity index is 2.03. The number of para-hydroxylation sites is 1. The van der Waals surface area contributed by atoms with E-state index in [1.54, 1.807) is 25.1 Å². The molecule has 0 saturated heterocycles. The fourth-order valence-electron chi connectivity index (χ4n) is 2.33. The zero-order valence-electron chi connectivity index (χ0n) is 12.9. The molecule has 122 valence electrons. The third-order valence-electron chi connectivity index (χ3n) is 3.43. The molecule has 3 aromatic rings. The molecular weight excluding hydrogens is 328 g/mol. The number of fused-ring (bicyclic) bond motifs is 1. The average Bonchev–Trinajstić information content (AvgIpc) is 2.59. The molecule has 0 aliphatic heterocycles. The van der Waals surface area contributed by atoms with Crippen molar-refractivity contribution in [3.63, 3.8) is 0 Å². The molecule has 24 heavy (non-hydrogen) atoms. The van der Waals surface area contributed by atoms with Crippen LogP contribution in [0.2, 0.25) is 5.15 Å². The second-order valence-electron chi connectivity index (χ2n) is 5.08. The Morgan fingerprint density at radius 2 is 1.92 bits per heavy atom. The Bertz CT molecular complexity index is 898. The molecule has 0 aliphatic carbocycles. The molecule has 0 radical (unpaired) electrons. The number of nitrogens with zero attached hydrogens (tertiary/aromatic N) is 1. The molecule has 0 atom stereocenters. The van der Waals surface area contributed by atoms with E-state index >= 15 is 0 Å². The van der Waals surface area contributed by atoms with Gasteiger partial charge in [-0.15, -0.1) is 0 Å². The minimum atomic E-state index is -0.469. The lowest BCUT2D eigenvalue weighted by Crippen LogP contribution is -2.23. The minimum absolute atomic E-state index is 0.0916. The van der Waals surface area contributed by atoms with E-state index in [0.29, 0.717) is 28.8 Å². The van der Waals surface area contributed by atoms with Gasteiger partial charge in [-0.1, -0.05) is 29.8 Å². The monoisotopic (exact) mass is 342 g/mol. The van der Waals surface area contributed by atoms with E-state index < -0.39 is 5.91 Å². The third-order valence-corrected chi connectivity index (χ3v) is 3.72. The number of nitrogens with one attached hydrogen (secondary N) is 1. The van der Waals surface area contributed by atoms with Crippen LogP contribution < -0.4 is 10.1 Å². The molecule has 1 aromatic heterocycles. The largest absolute Gasteiger partial charge is 0.505 e. The number of benzene rings is 2. The number of rotatable bonds is 4. The summed E-state index contributed by atoms with van der Waals surface area (Å²) >= 11 is 6.20. The van der Waals surface area contributed by atoms with Crippen LogP contribution in [0.3, 0.4) is 0 Å². The zero-order chi connectivity index (χ0) is 17.1. The molecule has 6 heteroatoms. The van der Waals surface area contributed by atoms with E-state index in [1.165, 1.54) is 0 Å². The van der Waals surface area contributed by atoms with Crippen molar-refractivity contribution in [3.05, 3.63) is 59.4 Å². The quantitative estimate of drug-likeness (QED) is 0.699. The maximum atomic E-state index is 12.0. The maximum Gasteiger partial charge on any atom is 0.273 e. The molecule has 0 unspecified atom stereocenters. The van der Waals surface area contributed by atoms with Crippen molar-refractivity contribution in [2.45, 2.75) is 6.92 Å². The van der Waals surface area contributed by atoms with Crippen molar-refractivity contribution in [1.82, 2.24) is 10.3 Å². The zero-order valence-corrected chi connectivity index (χ0v) is 13.7. The topological polar surface area (TPSA) is 71.5 Å². The molecule has 1 heterocycles. The summed E-state index contributed by atoms with van der Waals surface area (Å²) in [5.74, 6) is 0.571. The van der Waals surface area contributed by atoms with Gasteiger partial charge >= 0.3 is 0 Å². The molecule has 0 fully saturated rings. The van der Waals surface area contributed by atoms with Gasteiger partial charge in [-0.25, -0.2) is 4.98 Å². The number of pyridine rings is 1. The van der Waals surface area contributed by atoms with Gasteiger partial charge in [-0.3, -0.25) is 4.79 Å². The second-order valence-corrected chi connectivity index (χ2v) is 5.44. The van der Waals surface area contributed by atoms with Gasteiger partial charge in [-0.05, 0) is 37.3 Å². The smallest absolute Gasteiger partial charge is 0.273 e. The summed E-state index contributed by atoms with van der Waals surface area (Å²) in [6.45, 7) is 2.21. The van der Waals surface area contributed by atoms with E-state index in [2.05, 4.69) is 10.3 Å². The molecule has 0 aliphatic rings. The molecule has 0 spiro atoms. The van der Waals surface area contributed by atoms with Crippen molar-refractivity contribution < 1.29 is 14.6 Å². The predicted octanol–water partition coefficient (Wildman–Crippen LogP) is 4.14. The van der Waals surface area contributed by atoms with Crippen LogP contribution >= 0.6 is 11.6 Å². The lowest BCUT2D eigenvalue weighted by atomic mass is 10.1. The fraction of sp³-hybridized carbons (Fsp3) is 0.111. The highest BCUT2D eigenvalue weighted by molar-refractivity contribution is 6.35. The summed E-state index contributed by atoms with van der Waals surface area (Å²) in [5.41, 5.74) is -0.0916. The first-order valence-electron chi connectivity index (χ1n) is 7.43. The van der Waals surface area contributed by atoms with Crippen molar-refractivity contribution in [2.75, 3.05) is 6.54 Å². The first-order valence-corrected chi connectivity index (χ1v) is 7.81. The van der Waals surface area contributed by atoms with Gasteiger partial charge < -0.3 is 15.2 Å². The summed E-state index contributed by atoms with van der Waals surface area (Å²) < 4.78 is 5.75. The number of carbonyl (C=O) groups is 1. The first-order chi connectivity index (χ1) is 11.6. The summed E-state index contributed by atoms with van der Waals surface area (Å²) in [6, 6.07) is 14.3. The van der Waals surface area contributed by atoms with Gasteiger partial charge in [0, 0.05) is 17.3 Å². The molecule has 0 saturated carbocycles.